The van der Waals surface area contributed by atoms with Crippen LogP contribution in [0.4, 0.5) is 22.0 Å². The molecule has 0 aliphatic carbocycles. The Kier molecular flexibility index (Phi) is 4.46. The van der Waals surface area contributed by atoms with Crippen molar-refractivity contribution >= 4 is 29.4 Å². The molecule has 0 spiro atoms. The SMILES string of the molecule is CCCN(Cl)c1ncnc(Nc2ccc(F)cc2)n1. The van der Waals surface area contributed by atoms with Gasteiger partial charge in [0, 0.05) is 24.0 Å². The summed E-state index contributed by atoms with van der Waals surface area (Å²) >= 11 is 6.01. The number of nitrogens with zero attached hydrogens (tertiary/aromatic N) is 4. The van der Waals surface area contributed by atoms with Gasteiger partial charge in [-0.15, -0.1) is 0 Å². The molecule has 0 aliphatic heterocycles. The van der Waals surface area contributed by atoms with Crippen molar-refractivity contribution in [2.45, 2.75) is 13.3 Å². The number of anilines is 3. The molecule has 2 aromatic rings. The zero-order chi connectivity index (χ0) is 13.7. The topological polar surface area (TPSA) is 53.9 Å². The van der Waals surface area contributed by atoms with Gasteiger partial charge in [0.15, 0.2) is 0 Å². The molecule has 1 aromatic carbocycles. The summed E-state index contributed by atoms with van der Waals surface area (Å²) in [5.41, 5.74) is 0.690. The monoisotopic (exact) mass is 281 g/mol. The van der Waals surface area contributed by atoms with Crippen molar-refractivity contribution in [1.82, 2.24) is 15.0 Å². The molecule has 2 rings (SSSR count). The van der Waals surface area contributed by atoms with E-state index in [1.54, 1.807) is 12.1 Å². The predicted octanol–water partition coefficient (Wildman–Crippen LogP) is 3.12. The zero-order valence-electron chi connectivity index (χ0n) is 10.3. The quantitative estimate of drug-likeness (QED) is 0.854. The number of benzene rings is 1. The minimum atomic E-state index is -0.295. The fraction of sp³-hybridized carbons (Fsp3) is 0.250. The van der Waals surface area contributed by atoms with Crippen molar-refractivity contribution < 1.29 is 4.39 Å². The van der Waals surface area contributed by atoms with Crippen LogP contribution in [0.2, 0.25) is 0 Å². The molecule has 0 saturated carbocycles. The summed E-state index contributed by atoms with van der Waals surface area (Å²) in [6.07, 6.45) is 2.26. The van der Waals surface area contributed by atoms with Crippen LogP contribution < -0.4 is 9.74 Å². The molecule has 1 N–H and O–H groups in total. The second-order valence-electron chi connectivity index (χ2n) is 3.83. The summed E-state index contributed by atoms with van der Waals surface area (Å²) in [7, 11) is 0. The molecule has 0 fully saturated rings. The third-order valence-corrected chi connectivity index (χ3v) is 2.62. The van der Waals surface area contributed by atoms with Crippen molar-refractivity contribution in [2.24, 2.45) is 0 Å². The Hall–Kier alpha value is -1.95. The minimum absolute atomic E-state index is 0.295. The van der Waals surface area contributed by atoms with Gasteiger partial charge in [0.05, 0.1) is 0 Å². The first-order valence-corrected chi connectivity index (χ1v) is 6.18. The van der Waals surface area contributed by atoms with Gasteiger partial charge in [-0.05, 0) is 30.7 Å². The normalized spacial score (nSPS) is 10.3. The first kappa shape index (κ1) is 13.5. The number of hydrogen-bond donors (Lipinski definition) is 1. The number of rotatable bonds is 5. The van der Waals surface area contributed by atoms with E-state index in [4.69, 9.17) is 11.8 Å². The van der Waals surface area contributed by atoms with Crippen LogP contribution in [0, 0.1) is 5.82 Å². The summed E-state index contributed by atoms with van der Waals surface area (Å²) in [4.78, 5) is 12.1. The van der Waals surface area contributed by atoms with Crippen LogP contribution in [-0.4, -0.2) is 21.5 Å². The Morgan fingerprint density at radius 1 is 1.26 bits per heavy atom. The average Bonchev–Trinajstić information content (AvgIpc) is 2.42. The third-order valence-electron chi connectivity index (χ3n) is 2.30. The average molecular weight is 282 g/mol. The van der Waals surface area contributed by atoms with Crippen molar-refractivity contribution in [1.29, 1.82) is 0 Å². The Bertz CT molecular complexity index is 534. The lowest BCUT2D eigenvalue weighted by Crippen LogP contribution is -2.15. The highest BCUT2D eigenvalue weighted by Gasteiger charge is 2.07. The number of aromatic nitrogens is 3. The molecule has 7 heteroatoms. The van der Waals surface area contributed by atoms with Gasteiger partial charge < -0.3 is 5.32 Å². The summed E-state index contributed by atoms with van der Waals surface area (Å²) in [6.45, 7) is 2.65. The van der Waals surface area contributed by atoms with E-state index >= 15 is 0 Å². The van der Waals surface area contributed by atoms with E-state index in [0.717, 1.165) is 6.42 Å². The van der Waals surface area contributed by atoms with E-state index in [9.17, 15) is 4.39 Å². The Labute approximate surface area is 115 Å². The summed E-state index contributed by atoms with van der Waals surface area (Å²) < 4.78 is 14.2. The summed E-state index contributed by atoms with van der Waals surface area (Å²) in [5, 5.41) is 2.95. The summed E-state index contributed by atoms with van der Waals surface area (Å²) in [6, 6.07) is 5.91. The highest BCUT2D eigenvalue weighted by atomic mass is 35.5. The van der Waals surface area contributed by atoms with Gasteiger partial charge in [0.2, 0.25) is 11.9 Å². The Morgan fingerprint density at radius 2 is 2.00 bits per heavy atom. The fourth-order valence-electron chi connectivity index (χ4n) is 1.42. The van der Waals surface area contributed by atoms with E-state index in [-0.39, 0.29) is 5.82 Å². The Balaban J connectivity index is 2.12. The van der Waals surface area contributed by atoms with Crippen molar-refractivity contribution in [3.63, 3.8) is 0 Å². The molecule has 0 bridgehead atoms. The predicted molar refractivity (Wildman–Crippen MR) is 73.0 cm³/mol. The molecule has 1 aromatic heterocycles. The second kappa shape index (κ2) is 6.29. The largest absolute Gasteiger partial charge is 0.324 e. The molecule has 100 valence electrons. The van der Waals surface area contributed by atoms with Crippen LogP contribution in [0.25, 0.3) is 0 Å². The van der Waals surface area contributed by atoms with Crippen LogP contribution in [0.3, 0.4) is 0 Å². The molecular weight excluding hydrogens is 269 g/mol. The van der Waals surface area contributed by atoms with Gasteiger partial charge in [-0.2, -0.15) is 4.98 Å². The van der Waals surface area contributed by atoms with E-state index in [0.29, 0.717) is 24.1 Å². The molecule has 0 saturated heterocycles. The van der Waals surface area contributed by atoms with Crippen molar-refractivity contribution in [2.75, 3.05) is 16.3 Å². The summed E-state index contributed by atoms with van der Waals surface area (Å²) in [5.74, 6) is 0.443. The molecule has 0 amide bonds. The fourth-order valence-corrected chi connectivity index (χ4v) is 1.67. The lowest BCUT2D eigenvalue weighted by Gasteiger charge is -2.12. The van der Waals surface area contributed by atoms with Crippen LogP contribution in [0.15, 0.2) is 30.6 Å². The zero-order valence-corrected chi connectivity index (χ0v) is 11.1. The highest BCUT2D eigenvalue weighted by Crippen LogP contribution is 2.16. The number of nitrogens with one attached hydrogen (secondary N) is 1. The van der Waals surface area contributed by atoms with Crippen molar-refractivity contribution in [3.05, 3.63) is 36.4 Å². The van der Waals surface area contributed by atoms with Crippen LogP contribution in [0.5, 0.6) is 0 Å². The maximum absolute atomic E-state index is 12.8. The van der Waals surface area contributed by atoms with Gasteiger partial charge in [0.1, 0.15) is 12.1 Å². The Morgan fingerprint density at radius 3 is 2.68 bits per heavy atom. The molecular formula is C12H13ClFN5. The molecule has 0 aliphatic rings. The minimum Gasteiger partial charge on any atom is -0.324 e. The molecule has 0 atom stereocenters. The lowest BCUT2D eigenvalue weighted by molar-refractivity contribution is 0.628. The van der Waals surface area contributed by atoms with Gasteiger partial charge in [0.25, 0.3) is 0 Å². The van der Waals surface area contributed by atoms with Crippen molar-refractivity contribution in [3.8, 4) is 0 Å². The van der Waals surface area contributed by atoms with E-state index < -0.39 is 0 Å². The van der Waals surface area contributed by atoms with E-state index in [1.165, 1.54) is 22.9 Å². The number of hydrogen-bond acceptors (Lipinski definition) is 5. The van der Waals surface area contributed by atoms with Gasteiger partial charge >= 0.3 is 0 Å². The van der Waals surface area contributed by atoms with E-state index in [2.05, 4.69) is 20.3 Å². The number of halogens is 2. The van der Waals surface area contributed by atoms with Crippen LogP contribution in [-0.2, 0) is 0 Å². The second-order valence-corrected chi connectivity index (χ2v) is 4.23. The molecule has 0 unspecified atom stereocenters. The molecule has 1 heterocycles. The first-order chi connectivity index (χ1) is 9.19. The smallest absolute Gasteiger partial charge is 0.245 e. The first-order valence-electron chi connectivity index (χ1n) is 5.84. The maximum atomic E-state index is 12.8. The van der Waals surface area contributed by atoms with E-state index in [1.807, 2.05) is 6.92 Å². The lowest BCUT2D eigenvalue weighted by atomic mass is 10.3. The third kappa shape index (κ3) is 3.75. The van der Waals surface area contributed by atoms with Crippen LogP contribution >= 0.6 is 11.8 Å². The van der Waals surface area contributed by atoms with Gasteiger partial charge in [-0.3, -0.25) is 4.42 Å². The molecule has 5 nitrogen and oxygen atoms in total. The standard InChI is InChI=1S/C12H13ClFN5/c1-2-7-19(13)12-16-8-15-11(18-12)17-10-5-3-9(14)4-6-10/h3-6,8H,2,7H2,1H3,(H,15,16,17,18). The highest BCUT2D eigenvalue weighted by molar-refractivity contribution is 6.24. The van der Waals surface area contributed by atoms with Gasteiger partial charge in [-0.1, -0.05) is 6.92 Å². The molecule has 19 heavy (non-hydrogen) atoms. The van der Waals surface area contributed by atoms with Crippen LogP contribution in [0.1, 0.15) is 13.3 Å². The molecule has 0 radical (unpaired) electrons. The maximum Gasteiger partial charge on any atom is 0.245 e. The van der Waals surface area contributed by atoms with Gasteiger partial charge in [-0.25, -0.2) is 14.4 Å².